The normalized spacial score (nSPS) is 13.4. The average Bonchev–Trinajstić information content (AvgIpc) is 3.03. The summed E-state index contributed by atoms with van der Waals surface area (Å²) in [4.78, 5) is 19.0. The minimum atomic E-state index is -1.08. The fourth-order valence-corrected chi connectivity index (χ4v) is 2.78. The van der Waals surface area contributed by atoms with Gasteiger partial charge in [0.2, 0.25) is 0 Å². The van der Waals surface area contributed by atoms with E-state index in [-0.39, 0.29) is 5.92 Å². The predicted octanol–water partition coefficient (Wildman–Crippen LogP) is 3.68. The van der Waals surface area contributed by atoms with Crippen LogP contribution in [0.2, 0.25) is 0 Å². The van der Waals surface area contributed by atoms with Crippen molar-refractivity contribution < 1.29 is 14.6 Å². The number of nitrogens with one attached hydrogen (secondary N) is 2. The Hall–Kier alpha value is -3.02. The zero-order valence-corrected chi connectivity index (χ0v) is 13.5. The molecule has 2 aromatic carbocycles. The molecule has 1 aromatic heterocycles. The maximum absolute atomic E-state index is 11.3. The number of carboxylic acid groups (broad SMARTS) is 1. The second-order valence-electron chi connectivity index (χ2n) is 5.63. The van der Waals surface area contributed by atoms with Crippen LogP contribution in [0.25, 0.3) is 11.0 Å². The number of fused-ring (bicyclic) bond motifs is 1. The first kappa shape index (κ1) is 15.9. The summed E-state index contributed by atoms with van der Waals surface area (Å²) >= 11 is 0. The SMILES string of the molecule is COc1ccc(C(C)C(NC(=O)O)c2nc3ccccc3[nH]2)cc1. The van der Waals surface area contributed by atoms with Crippen molar-refractivity contribution in [2.45, 2.75) is 18.9 Å². The zero-order chi connectivity index (χ0) is 17.1. The van der Waals surface area contributed by atoms with Crippen molar-refractivity contribution in [3.05, 3.63) is 59.9 Å². The number of methoxy groups -OCH3 is 1. The Balaban J connectivity index is 1.96. The number of rotatable bonds is 5. The van der Waals surface area contributed by atoms with Crippen molar-refractivity contribution in [3.8, 4) is 5.75 Å². The molecule has 2 atom stereocenters. The molecular weight excluding hydrogens is 306 g/mol. The summed E-state index contributed by atoms with van der Waals surface area (Å²) in [6, 6.07) is 14.7. The summed E-state index contributed by atoms with van der Waals surface area (Å²) < 4.78 is 5.17. The van der Waals surface area contributed by atoms with E-state index >= 15 is 0 Å². The molecule has 6 heteroatoms. The highest BCUT2D eigenvalue weighted by molar-refractivity contribution is 5.75. The fourth-order valence-electron chi connectivity index (χ4n) is 2.78. The zero-order valence-electron chi connectivity index (χ0n) is 13.5. The molecule has 124 valence electrons. The monoisotopic (exact) mass is 325 g/mol. The molecule has 0 radical (unpaired) electrons. The summed E-state index contributed by atoms with van der Waals surface area (Å²) in [6.45, 7) is 1.97. The van der Waals surface area contributed by atoms with Crippen molar-refractivity contribution in [1.29, 1.82) is 0 Å². The van der Waals surface area contributed by atoms with E-state index in [1.807, 2.05) is 55.5 Å². The van der Waals surface area contributed by atoms with Crippen molar-refractivity contribution in [1.82, 2.24) is 15.3 Å². The number of aromatic amines is 1. The van der Waals surface area contributed by atoms with Crippen LogP contribution in [0, 0.1) is 0 Å². The first-order chi connectivity index (χ1) is 11.6. The minimum Gasteiger partial charge on any atom is -0.497 e. The highest BCUT2D eigenvalue weighted by atomic mass is 16.5. The van der Waals surface area contributed by atoms with Crippen LogP contribution in [0.5, 0.6) is 5.75 Å². The highest BCUT2D eigenvalue weighted by Gasteiger charge is 2.25. The van der Waals surface area contributed by atoms with Gasteiger partial charge in [0.05, 0.1) is 24.2 Å². The third-order valence-corrected chi connectivity index (χ3v) is 4.12. The Morgan fingerprint density at radius 2 is 1.92 bits per heavy atom. The molecule has 0 aliphatic rings. The van der Waals surface area contributed by atoms with Crippen LogP contribution in [0.4, 0.5) is 4.79 Å². The van der Waals surface area contributed by atoms with Gasteiger partial charge in [-0.25, -0.2) is 9.78 Å². The number of para-hydroxylation sites is 2. The quantitative estimate of drug-likeness (QED) is 0.668. The van der Waals surface area contributed by atoms with Crippen molar-refractivity contribution >= 4 is 17.1 Å². The second kappa shape index (κ2) is 6.62. The van der Waals surface area contributed by atoms with E-state index in [2.05, 4.69) is 15.3 Å². The number of nitrogens with zero attached hydrogens (tertiary/aromatic N) is 1. The third-order valence-electron chi connectivity index (χ3n) is 4.12. The van der Waals surface area contributed by atoms with Gasteiger partial charge in [-0.05, 0) is 29.8 Å². The van der Waals surface area contributed by atoms with Gasteiger partial charge in [0.1, 0.15) is 11.6 Å². The Morgan fingerprint density at radius 3 is 2.54 bits per heavy atom. The largest absolute Gasteiger partial charge is 0.497 e. The maximum atomic E-state index is 11.3. The van der Waals surface area contributed by atoms with E-state index in [4.69, 9.17) is 4.74 Å². The van der Waals surface area contributed by atoms with Gasteiger partial charge in [0, 0.05) is 5.92 Å². The molecule has 6 nitrogen and oxygen atoms in total. The summed E-state index contributed by atoms with van der Waals surface area (Å²) in [5, 5.41) is 11.8. The van der Waals surface area contributed by atoms with Crippen molar-refractivity contribution in [2.75, 3.05) is 7.11 Å². The molecule has 0 aliphatic heterocycles. The minimum absolute atomic E-state index is 0.104. The Morgan fingerprint density at radius 1 is 1.21 bits per heavy atom. The van der Waals surface area contributed by atoms with Gasteiger partial charge in [-0.15, -0.1) is 0 Å². The smallest absolute Gasteiger partial charge is 0.405 e. The Kier molecular flexibility index (Phi) is 4.37. The lowest BCUT2D eigenvalue weighted by atomic mass is 9.92. The number of amides is 1. The molecule has 0 spiro atoms. The van der Waals surface area contributed by atoms with Gasteiger partial charge in [-0.1, -0.05) is 31.2 Å². The van der Waals surface area contributed by atoms with Gasteiger partial charge in [-0.2, -0.15) is 0 Å². The van der Waals surface area contributed by atoms with Crippen LogP contribution < -0.4 is 10.1 Å². The average molecular weight is 325 g/mol. The van der Waals surface area contributed by atoms with Crippen LogP contribution in [-0.2, 0) is 0 Å². The molecule has 1 heterocycles. The Bertz CT molecular complexity index is 809. The number of H-pyrrole nitrogens is 1. The van der Waals surface area contributed by atoms with Crippen molar-refractivity contribution in [2.24, 2.45) is 0 Å². The number of imidazole rings is 1. The maximum Gasteiger partial charge on any atom is 0.405 e. The first-order valence-corrected chi connectivity index (χ1v) is 7.66. The molecule has 0 saturated carbocycles. The summed E-state index contributed by atoms with van der Waals surface area (Å²) in [5.74, 6) is 1.26. The van der Waals surface area contributed by atoms with Crippen LogP contribution in [-0.4, -0.2) is 28.3 Å². The number of aromatic nitrogens is 2. The van der Waals surface area contributed by atoms with Crippen LogP contribution in [0.3, 0.4) is 0 Å². The molecule has 3 N–H and O–H groups in total. The topological polar surface area (TPSA) is 87.2 Å². The van der Waals surface area contributed by atoms with Crippen LogP contribution in [0.1, 0.15) is 30.3 Å². The van der Waals surface area contributed by atoms with E-state index in [1.165, 1.54) is 0 Å². The van der Waals surface area contributed by atoms with Gasteiger partial charge < -0.3 is 20.1 Å². The predicted molar refractivity (Wildman–Crippen MR) is 91.4 cm³/mol. The molecule has 0 saturated heterocycles. The van der Waals surface area contributed by atoms with E-state index in [1.54, 1.807) is 7.11 Å². The molecule has 3 aromatic rings. The molecule has 0 fully saturated rings. The van der Waals surface area contributed by atoms with E-state index in [0.717, 1.165) is 22.3 Å². The molecule has 2 unspecified atom stereocenters. The number of carbonyl (C=O) groups is 1. The number of hydrogen-bond donors (Lipinski definition) is 3. The molecule has 3 rings (SSSR count). The number of benzene rings is 2. The second-order valence-corrected chi connectivity index (χ2v) is 5.63. The highest BCUT2D eigenvalue weighted by Crippen LogP contribution is 2.31. The number of ether oxygens (including phenoxy) is 1. The van der Waals surface area contributed by atoms with Gasteiger partial charge >= 0.3 is 6.09 Å². The van der Waals surface area contributed by atoms with Crippen LogP contribution in [0.15, 0.2) is 48.5 Å². The lowest BCUT2D eigenvalue weighted by Crippen LogP contribution is -2.31. The van der Waals surface area contributed by atoms with E-state index < -0.39 is 12.1 Å². The first-order valence-electron chi connectivity index (χ1n) is 7.66. The Labute approximate surface area is 139 Å². The molecule has 24 heavy (non-hydrogen) atoms. The third kappa shape index (κ3) is 3.17. The summed E-state index contributed by atoms with van der Waals surface area (Å²) in [5.41, 5.74) is 2.69. The van der Waals surface area contributed by atoms with Crippen LogP contribution >= 0.6 is 0 Å². The molecule has 0 bridgehead atoms. The fraction of sp³-hybridized carbons (Fsp3) is 0.222. The van der Waals surface area contributed by atoms with Gasteiger partial charge in [0.15, 0.2) is 0 Å². The standard InChI is InChI=1S/C18H19N3O3/c1-11(12-7-9-13(24-2)10-8-12)16(21-18(22)23)17-19-14-5-3-4-6-15(14)20-17/h3-11,16,21H,1-2H3,(H,19,20)(H,22,23). The summed E-state index contributed by atoms with van der Waals surface area (Å²) in [7, 11) is 1.61. The van der Waals surface area contributed by atoms with E-state index in [9.17, 15) is 9.90 Å². The van der Waals surface area contributed by atoms with Crippen molar-refractivity contribution in [3.63, 3.8) is 0 Å². The molecule has 1 amide bonds. The number of hydrogen-bond acceptors (Lipinski definition) is 3. The molecular formula is C18H19N3O3. The lowest BCUT2D eigenvalue weighted by molar-refractivity contribution is 0.187. The molecule has 0 aliphatic carbocycles. The van der Waals surface area contributed by atoms with Gasteiger partial charge in [-0.3, -0.25) is 0 Å². The van der Waals surface area contributed by atoms with E-state index in [0.29, 0.717) is 5.82 Å². The van der Waals surface area contributed by atoms with Gasteiger partial charge in [0.25, 0.3) is 0 Å². The summed E-state index contributed by atoms with van der Waals surface area (Å²) in [6.07, 6.45) is -1.08. The lowest BCUT2D eigenvalue weighted by Gasteiger charge is -2.22.